The summed E-state index contributed by atoms with van der Waals surface area (Å²) in [5.41, 5.74) is 4.23. The van der Waals surface area contributed by atoms with Crippen LogP contribution < -0.4 is 5.32 Å². The van der Waals surface area contributed by atoms with Gasteiger partial charge in [0.15, 0.2) is 0 Å². The molecule has 0 amide bonds. The first-order chi connectivity index (χ1) is 13.6. The van der Waals surface area contributed by atoms with E-state index >= 15 is 0 Å². The van der Waals surface area contributed by atoms with Crippen LogP contribution in [0.25, 0.3) is 22.4 Å². The van der Waals surface area contributed by atoms with Crippen molar-refractivity contribution in [2.24, 2.45) is 0 Å². The molecule has 0 spiro atoms. The van der Waals surface area contributed by atoms with Gasteiger partial charge in [-0.25, -0.2) is 0 Å². The molecule has 0 bridgehead atoms. The maximum absolute atomic E-state index is 10.6. The molecule has 3 aromatic rings. The molecular formula is C22H25N5O. The van der Waals surface area contributed by atoms with Crippen molar-refractivity contribution in [2.45, 2.75) is 25.8 Å². The quantitative estimate of drug-likeness (QED) is 0.724. The Bertz CT molecular complexity index is 960. The smallest absolute Gasteiger partial charge is 0.149 e. The third kappa shape index (κ3) is 3.97. The number of likely N-dealkylation sites (tertiary alicyclic amines) is 1. The predicted molar refractivity (Wildman–Crippen MR) is 111 cm³/mol. The second-order valence-corrected chi connectivity index (χ2v) is 7.48. The van der Waals surface area contributed by atoms with Gasteiger partial charge in [0.25, 0.3) is 0 Å². The van der Waals surface area contributed by atoms with Gasteiger partial charge in [0, 0.05) is 36.1 Å². The summed E-state index contributed by atoms with van der Waals surface area (Å²) >= 11 is 0. The average molecular weight is 375 g/mol. The minimum atomic E-state index is 0.188. The third-order valence-electron chi connectivity index (χ3n) is 5.21. The van der Waals surface area contributed by atoms with Crippen LogP contribution in [0.2, 0.25) is 0 Å². The third-order valence-corrected chi connectivity index (χ3v) is 5.21. The average Bonchev–Trinajstić information content (AvgIpc) is 2.69. The van der Waals surface area contributed by atoms with Crippen LogP contribution in [-0.4, -0.2) is 51.4 Å². The van der Waals surface area contributed by atoms with Crippen molar-refractivity contribution in [3.05, 3.63) is 54.4 Å². The highest BCUT2D eigenvalue weighted by Crippen LogP contribution is 2.34. The highest BCUT2D eigenvalue weighted by Gasteiger charge is 2.18. The lowest BCUT2D eigenvalue weighted by Crippen LogP contribution is -2.39. The molecule has 2 aromatic heterocycles. The molecule has 6 heteroatoms. The number of aromatic nitrogens is 3. The molecule has 4 rings (SSSR count). The number of phenols is 1. The summed E-state index contributed by atoms with van der Waals surface area (Å²) in [6.07, 6.45) is 5.85. The monoisotopic (exact) mass is 375 g/mol. The summed E-state index contributed by atoms with van der Waals surface area (Å²) in [7, 11) is 2.14. The van der Waals surface area contributed by atoms with Crippen molar-refractivity contribution < 1.29 is 5.11 Å². The lowest BCUT2D eigenvalue weighted by molar-refractivity contribution is 0.260. The Morgan fingerprint density at radius 2 is 2.04 bits per heavy atom. The first-order valence-electron chi connectivity index (χ1n) is 9.63. The number of phenolic OH excluding ortho intramolecular Hbond substituents is 1. The van der Waals surface area contributed by atoms with Crippen molar-refractivity contribution in [1.82, 2.24) is 20.1 Å². The standard InChI is InChI=1S/C22H25N5O/c1-15-11-21(24-18-6-4-10-27(2)14-18)25-26-22(15)19-8-7-16(12-20(19)28)17-5-3-9-23-13-17/h3,5,7-9,11-13,18,28H,4,6,10,14H2,1-2H3,(H,24,25). The van der Waals surface area contributed by atoms with Gasteiger partial charge in [0.2, 0.25) is 0 Å². The van der Waals surface area contributed by atoms with Crippen LogP contribution in [0, 0.1) is 6.92 Å². The van der Waals surface area contributed by atoms with Gasteiger partial charge in [-0.2, -0.15) is 0 Å². The van der Waals surface area contributed by atoms with Crippen LogP contribution in [-0.2, 0) is 0 Å². The van der Waals surface area contributed by atoms with E-state index in [1.807, 2.05) is 37.3 Å². The number of anilines is 1. The zero-order valence-corrected chi connectivity index (χ0v) is 16.3. The Morgan fingerprint density at radius 1 is 1.14 bits per heavy atom. The van der Waals surface area contributed by atoms with Gasteiger partial charge < -0.3 is 15.3 Å². The van der Waals surface area contributed by atoms with Crippen LogP contribution in [0.15, 0.2) is 48.8 Å². The summed E-state index contributed by atoms with van der Waals surface area (Å²) < 4.78 is 0. The SMILES string of the molecule is Cc1cc(NC2CCCN(C)C2)nnc1-c1ccc(-c2cccnc2)cc1O. The van der Waals surface area contributed by atoms with E-state index in [9.17, 15) is 5.11 Å². The molecule has 1 atom stereocenters. The molecule has 1 aromatic carbocycles. The molecule has 28 heavy (non-hydrogen) atoms. The van der Waals surface area contributed by atoms with Crippen molar-refractivity contribution in [1.29, 1.82) is 0 Å². The van der Waals surface area contributed by atoms with E-state index in [4.69, 9.17) is 0 Å². The van der Waals surface area contributed by atoms with E-state index in [2.05, 4.69) is 32.4 Å². The highest BCUT2D eigenvalue weighted by atomic mass is 16.3. The molecular weight excluding hydrogens is 350 g/mol. The molecule has 144 valence electrons. The number of nitrogens with one attached hydrogen (secondary N) is 1. The summed E-state index contributed by atoms with van der Waals surface area (Å²) in [4.78, 5) is 6.46. The number of aryl methyl sites for hydroxylation is 1. The molecule has 1 unspecified atom stereocenters. The normalized spacial score (nSPS) is 17.4. The van der Waals surface area contributed by atoms with Crippen LogP contribution in [0.5, 0.6) is 5.75 Å². The minimum Gasteiger partial charge on any atom is -0.507 e. The number of nitrogens with zero attached hydrogens (tertiary/aromatic N) is 4. The van der Waals surface area contributed by atoms with Gasteiger partial charge in [0.05, 0.1) is 5.69 Å². The molecule has 0 saturated carbocycles. The van der Waals surface area contributed by atoms with E-state index in [-0.39, 0.29) is 5.75 Å². The lowest BCUT2D eigenvalue weighted by atomic mass is 10.0. The molecule has 1 aliphatic heterocycles. The molecule has 1 saturated heterocycles. The Labute approximate surface area is 165 Å². The van der Waals surface area contributed by atoms with E-state index in [1.54, 1.807) is 18.5 Å². The first-order valence-corrected chi connectivity index (χ1v) is 9.63. The molecule has 1 aliphatic rings. The number of rotatable bonds is 4. The molecule has 2 N–H and O–H groups in total. The Morgan fingerprint density at radius 3 is 2.75 bits per heavy atom. The number of likely N-dealkylation sites (N-methyl/N-ethyl adjacent to an activating group) is 1. The van der Waals surface area contributed by atoms with Gasteiger partial charge in [0.1, 0.15) is 11.6 Å². The van der Waals surface area contributed by atoms with E-state index in [1.165, 1.54) is 6.42 Å². The lowest BCUT2D eigenvalue weighted by Gasteiger charge is -2.30. The fourth-order valence-electron chi connectivity index (χ4n) is 3.76. The van der Waals surface area contributed by atoms with Gasteiger partial charge >= 0.3 is 0 Å². The minimum absolute atomic E-state index is 0.188. The van der Waals surface area contributed by atoms with E-state index in [0.29, 0.717) is 17.3 Å². The van der Waals surface area contributed by atoms with Crippen LogP contribution in [0.4, 0.5) is 5.82 Å². The molecule has 0 aliphatic carbocycles. The van der Waals surface area contributed by atoms with E-state index < -0.39 is 0 Å². The number of hydrogen-bond acceptors (Lipinski definition) is 6. The van der Waals surface area contributed by atoms with Gasteiger partial charge in [-0.1, -0.05) is 12.1 Å². The molecule has 3 heterocycles. The number of aromatic hydroxyl groups is 1. The van der Waals surface area contributed by atoms with Crippen molar-refractivity contribution in [3.63, 3.8) is 0 Å². The fourth-order valence-corrected chi connectivity index (χ4v) is 3.76. The first kappa shape index (κ1) is 18.4. The van der Waals surface area contributed by atoms with Crippen molar-refractivity contribution in [2.75, 3.05) is 25.5 Å². The molecule has 1 fully saturated rings. The van der Waals surface area contributed by atoms with Crippen molar-refractivity contribution in [3.8, 4) is 28.1 Å². The second-order valence-electron chi connectivity index (χ2n) is 7.48. The van der Waals surface area contributed by atoms with Crippen LogP contribution in [0.3, 0.4) is 0 Å². The summed E-state index contributed by atoms with van der Waals surface area (Å²) in [6.45, 7) is 4.16. The van der Waals surface area contributed by atoms with Gasteiger partial charge in [-0.3, -0.25) is 4.98 Å². The van der Waals surface area contributed by atoms with Crippen LogP contribution in [0.1, 0.15) is 18.4 Å². The van der Waals surface area contributed by atoms with Gasteiger partial charge in [-0.15, -0.1) is 10.2 Å². The number of pyridine rings is 1. The van der Waals surface area contributed by atoms with Crippen LogP contribution >= 0.6 is 0 Å². The van der Waals surface area contributed by atoms with Crippen molar-refractivity contribution >= 4 is 5.82 Å². The predicted octanol–water partition coefficient (Wildman–Crippen LogP) is 3.73. The number of piperidine rings is 1. The summed E-state index contributed by atoms with van der Waals surface area (Å²) in [6, 6.07) is 11.9. The fraction of sp³-hybridized carbons (Fsp3) is 0.318. The van der Waals surface area contributed by atoms with E-state index in [0.717, 1.165) is 42.0 Å². The highest BCUT2D eigenvalue weighted by molar-refractivity contribution is 5.75. The number of benzene rings is 1. The Kier molecular flexibility index (Phi) is 5.21. The zero-order valence-electron chi connectivity index (χ0n) is 16.3. The number of hydrogen-bond donors (Lipinski definition) is 2. The molecule has 6 nitrogen and oxygen atoms in total. The maximum atomic E-state index is 10.6. The maximum Gasteiger partial charge on any atom is 0.149 e. The molecule has 0 radical (unpaired) electrons. The zero-order chi connectivity index (χ0) is 19.5. The Balaban J connectivity index is 1.56. The Hall–Kier alpha value is -2.99. The topological polar surface area (TPSA) is 74.2 Å². The largest absolute Gasteiger partial charge is 0.507 e. The van der Waals surface area contributed by atoms with Gasteiger partial charge in [-0.05, 0) is 68.8 Å². The second kappa shape index (κ2) is 7.94. The summed E-state index contributed by atoms with van der Waals surface area (Å²) in [5, 5.41) is 22.8. The summed E-state index contributed by atoms with van der Waals surface area (Å²) in [5.74, 6) is 0.974.